The Morgan fingerprint density at radius 2 is 2.14 bits per heavy atom. The molecule has 0 bridgehead atoms. The fourth-order valence-electron chi connectivity index (χ4n) is 1.82. The van der Waals surface area contributed by atoms with Gasteiger partial charge in [-0.2, -0.15) is 4.91 Å². The van der Waals surface area contributed by atoms with Crippen LogP contribution < -0.4 is 5.32 Å². The summed E-state index contributed by atoms with van der Waals surface area (Å²) in [7, 11) is 0. The molecule has 0 aliphatic rings. The van der Waals surface area contributed by atoms with Crippen molar-refractivity contribution < 1.29 is 9.18 Å². The zero-order chi connectivity index (χ0) is 16.1. The van der Waals surface area contributed by atoms with Crippen molar-refractivity contribution in [3.8, 4) is 0 Å². The molecule has 0 aliphatic carbocycles. The minimum atomic E-state index is -0.519. The van der Waals surface area contributed by atoms with Crippen LogP contribution in [-0.2, 0) is 13.1 Å². The number of nitrogens with zero attached hydrogens (tertiary/aromatic N) is 3. The summed E-state index contributed by atoms with van der Waals surface area (Å²) in [6, 6.07) is 5.59. The van der Waals surface area contributed by atoms with Crippen LogP contribution in [0, 0.1) is 17.6 Å². The number of aryl methyl sites for hydroxylation is 1. The number of hydrogen-bond donors (Lipinski definition) is 1. The summed E-state index contributed by atoms with van der Waals surface area (Å²) < 4.78 is 13.1. The maximum atomic E-state index is 13.1. The van der Waals surface area contributed by atoms with Gasteiger partial charge in [-0.15, -0.1) is 0 Å². The summed E-state index contributed by atoms with van der Waals surface area (Å²) in [6.07, 6.45) is 0. The molecule has 1 amide bonds. The summed E-state index contributed by atoms with van der Waals surface area (Å²) in [6.45, 7) is 1.66. The minimum absolute atomic E-state index is 0.0102. The SMILES string of the molecule is Cc1nc(CN=O)cc(C(=O)NCc2ccc(F)c(Cl)c2)n1. The molecule has 6 nitrogen and oxygen atoms in total. The van der Waals surface area contributed by atoms with Crippen LogP contribution in [0.3, 0.4) is 0 Å². The quantitative estimate of drug-likeness (QED) is 0.858. The molecule has 0 saturated heterocycles. The molecular weight excluding hydrogens is 311 g/mol. The third-order valence-corrected chi connectivity index (χ3v) is 3.08. The van der Waals surface area contributed by atoms with Crippen LogP contribution in [0.5, 0.6) is 0 Å². The second-order valence-corrected chi connectivity index (χ2v) is 4.92. The van der Waals surface area contributed by atoms with Crippen molar-refractivity contribution in [3.05, 3.63) is 62.8 Å². The first-order valence-electron chi connectivity index (χ1n) is 6.35. The smallest absolute Gasteiger partial charge is 0.270 e. The molecule has 2 aromatic rings. The van der Waals surface area contributed by atoms with Crippen LogP contribution in [0.1, 0.15) is 27.6 Å². The number of benzene rings is 1. The van der Waals surface area contributed by atoms with E-state index < -0.39 is 11.7 Å². The lowest BCUT2D eigenvalue weighted by Crippen LogP contribution is -2.24. The summed E-state index contributed by atoms with van der Waals surface area (Å²) in [5.41, 5.74) is 1.16. The maximum Gasteiger partial charge on any atom is 0.270 e. The number of hydrogen-bond acceptors (Lipinski definition) is 5. The van der Waals surface area contributed by atoms with Gasteiger partial charge in [-0.3, -0.25) is 4.79 Å². The van der Waals surface area contributed by atoms with E-state index in [9.17, 15) is 14.1 Å². The van der Waals surface area contributed by atoms with Crippen molar-refractivity contribution in [1.29, 1.82) is 0 Å². The number of rotatable bonds is 5. The molecule has 1 aromatic heterocycles. The van der Waals surface area contributed by atoms with Crippen molar-refractivity contribution in [3.63, 3.8) is 0 Å². The van der Waals surface area contributed by atoms with Crippen LogP contribution in [0.2, 0.25) is 5.02 Å². The standard InChI is InChI=1S/C14H12ClFN4O2/c1-8-19-10(7-18-22)5-13(20-8)14(21)17-6-9-2-3-12(16)11(15)4-9/h2-5H,6-7H2,1H3,(H,17,21). The normalized spacial score (nSPS) is 10.3. The van der Waals surface area contributed by atoms with E-state index in [1.165, 1.54) is 24.3 Å². The molecule has 0 fully saturated rings. The molecule has 0 radical (unpaired) electrons. The van der Waals surface area contributed by atoms with Crippen LogP contribution in [0.15, 0.2) is 29.4 Å². The fraction of sp³-hybridized carbons (Fsp3) is 0.214. The highest BCUT2D eigenvalue weighted by atomic mass is 35.5. The van der Waals surface area contributed by atoms with Gasteiger partial charge < -0.3 is 5.32 Å². The van der Waals surface area contributed by atoms with Gasteiger partial charge in [0.25, 0.3) is 5.91 Å². The largest absolute Gasteiger partial charge is 0.347 e. The van der Waals surface area contributed by atoms with Crippen molar-refractivity contribution >= 4 is 17.5 Å². The molecule has 0 aliphatic heterocycles. The highest BCUT2D eigenvalue weighted by Gasteiger charge is 2.11. The zero-order valence-corrected chi connectivity index (χ0v) is 12.4. The first-order valence-corrected chi connectivity index (χ1v) is 6.73. The number of carbonyl (C=O) groups excluding carboxylic acids is 1. The van der Waals surface area contributed by atoms with Gasteiger partial charge >= 0.3 is 0 Å². The number of aromatic nitrogens is 2. The molecule has 22 heavy (non-hydrogen) atoms. The van der Waals surface area contributed by atoms with Gasteiger partial charge in [0.05, 0.1) is 10.7 Å². The lowest BCUT2D eigenvalue weighted by atomic mass is 10.2. The van der Waals surface area contributed by atoms with Crippen LogP contribution in [-0.4, -0.2) is 15.9 Å². The average molecular weight is 323 g/mol. The van der Waals surface area contributed by atoms with E-state index in [0.717, 1.165) is 0 Å². The molecular formula is C14H12ClFN4O2. The topological polar surface area (TPSA) is 84.3 Å². The van der Waals surface area contributed by atoms with Gasteiger partial charge in [0.2, 0.25) is 0 Å². The Morgan fingerprint density at radius 3 is 2.82 bits per heavy atom. The van der Waals surface area contributed by atoms with Gasteiger partial charge in [-0.05, 0) is 30.7 Å². The average Bonchev–Trinajstić information content (AvgIpc) is 2.48. The van der Waals surface area contributed by atoms with Crippen molar-refractivity contribution in [2.75, 3.05) is 0 Å². The molecule has 114 valence electrons. The lowest BCUT2D eigenvalue weighted by molar-refractivity contribution is 0.0945. The molecule has 1 aromatic carbocycles. The predicted molar refractivity (Wildman–Crippen MR) is 78.8 cm³/mol. The molecule has 1 heterocycles. The van der Waals surface area contributed by atoms with E-state index in [2.05, 4.69) is 20.5 Å². The van der Waals surface area contributed by atoms with Crippen molar-refractivity contribution in [2.24, 2.45) is 5.18 Å². The number of carbonyl (C=O) groups is 1. The highest BCUT2D eigenvalue weighted by molar-refractivity contribution is 6.30. The molecule has 0 atom stereocenters. The second-order valence-electron chi connectivity index (χ2n) is 4.51. The Bertz CT molecular complexity index is 724. The van der Waals surface area contributed by atoms with Crippen molar-refractivity contribution in [1.82, 2.24) is 15.3 Å². The third kappa shape index (κ3) is 4.05. The number of halogens is 2. The van der Waals surface area contributed by atoms with E-state index in [1.807, 2.05) is 0 Å². The second kappa shape index (κ2) is 7.04. The van der Waals surface area contributed by atoms with E-state index in [-0.39, 0.29) is 23.8 Å². The molecule has 0 spiro atoms. The Labute approximate surface area is 130 Å². The van der Waals surface area contributed by atoms with Crippen LogP contribution in [0.25, 0.3) is 0 Å². The van der Waals surface area contributed by atoms with Gasteiger partial charge in [-0.1, -0.05) is 22.8 Å². The molecule has 1 N–H and O–H groups in total. The first-order chi connectivity index (χ1) is 10.5. The number of nitrogens with one attached hydrogen (secondary N) is 1. The Kier molecular flexibility index (Phi) is 5.11. The zero-order valence-electron chi connectivity index (χ0n) is 11.6. The monoisotopic (exact) mass is 322 g/mol. The molecule has 0 unspecified atom stereocenters. The van der Waals surface area contributed by atoms with Gasteiger partial charge in [0.15, 0.2) is 0 Å². The van der Waals surface area contributed by atoms with Crippen LogP contribution >= 0.6 is 11.6 Å². The first kappa shape index (κ1) is 16.0. The van der Waals surface area contributed by atoms with E-state index in [0.29, 0.717) is 17.1 Å². The summed E-state index contributed by atoms with van der Waals surface area (Å²) in [5.74, 6) is -0.580. The Balaban J connectivity index is 2.08. The van der Waals surface area contributed by atoms with Gasteiger partial charge in [0, 0.05) is 6.54 Å². The number of amides is 1. The molecule has 0 saturated carbocycles. The highest BCUT2D eigenvalue weighted by Crippen LogP contribution is 2.15. The van der Waals surface area contributed by atoms with E-state index >= 15 is 0 Å². The Hall–Kier alpha value is -2.41. The summed E-state index contributed by atoms with van der Waals surface area (Å²) in [5, 5.41) is 5.37. The van der Waals surface area contributed by atoms with Gasteiger partial charge in [0.1, 0.15) is 23.9 Å². The van der Waals surface area contributed by atoms with E-state index in [4.69, 9.17) is 11.6 Å². The minimum Gasteiger partial charge on any atom is -0.347 e. The summed E-state index contributed by atoms with van der Waals surface area (Å²) >= 11 is 5.67. The third-order valence-electron chi connectivity index (χ3n) is 2.79. The number of nitroso groups, excluding NO2 is 1. The van der Waals surface area contributed by atoms with Gasteiger partial charge in [-0.25, -0.2) is 14.4 Å². The lowest BCUT2D eigenvalue weighted by Gasteiger charge is -2.07. The van der Waals surface area contributed by atoms with Crippen molar-refractivity contribution in [2.45, 2.75) is 20.0 Å². The predicted octanol–water partition coefficient (Wildman–Crippen LogP) is 2.77. The molecule has 2 rings (SSSR count). The molecule has 8 heteroatoms. The summed E-state index contributed by atoms with van der Waals surface area (Å²) in [4.78, 5) is 30.4. The maximum absolute atomic E-state index is 13.1. The van der Waals surface area contributed by atoms with Crippen LogP contribution in [0.4, 0.5) is 4.39 Å². The Morgan fingerprint density at radius 1 is 1.36 bits per heavy atom. The van der Waals surface area contributed by atoms with E-state index in [1.54, 1.807) is 6.92 Å². The fourth-order valence-corrected chi connectivity index (χ4v) is 2.02.